The molecule has 0 N–H and O–H groups in total. The van der Waals surface area contributed by atoms with Gasteiger partial charge in [-0.3, -0.25) is 0 Å². The average Bonchev–Trinajstić information content (AvgIpc) is 2.15. The molecule has 1 nitrogen and oxygen atoms in total. The monoisotopic (exact) mass is 203 g/mol. The van der Waals surface area contributed by atoms with E-state index in [0.29, 0.717) is 0 Å². The van der Waals surface area contributed by atoms with Crippen molar-refractivity contribution >= 4 is 0 Å². The van der Waals surface area contributed by atoms with Gasteiger partial charge in [0, 0.05) is 5.56 Å². The van der Waals surface area contributed by atoms with Gasteiger partial charge >= 0.3 is 0 Å². The van der Waals surface area contributed by atoms with E-state index < -0.39 is 0 Å². The molecule has 1 radical (unpaired) electrons. The van der Waals surface area contributed by atoms with Crippen LogP contribution in [0.1, 0.15) is 38.8 Å². The number of rotatable bonds is 3. The molecule has 0 aliphatic heterocycles. The molecule has 0 saturated heterocycles. The standard InChI is InChI=1S/C14H19O/c1-6-11-9-8-10-13(12(11)7-2)15-14(3,4)5/h8-10H,1,7H2,2-5H3. The van der Waals surface area contributed by atoms with Crippen LogP contribution >= 0.6 is 0 Å². The fourth-order valence-corrected chi connectivity index (χ4v) is 1.52. The first kappa shape index (κ1) is 11.8. The third kappa shape index (κ3) is 3.12. The van der Waals surface area contributed by atoms with Gasteiger partial charge in [0.1, 0.15) is 11.4 Å². The molecule has 1 rings (SSSR count). The Hall–Kier alpha value is -1.24. The first-order chi connectivity index (χ1) is 6.98. The van der Waals surface area contributed by atoms with E-state index in [1.54, 1.807) is 0 Å². The van der Waals surface area contributed by atoms with Crippen LogP contribution in [0.4, 0.5) is 0 Å². The van der Waals surface area contributed by atoms with Crippen LogP contribution in [0.25, 0.3) is 0 Å². The highest BCUT2D eigenvalue weighted by atomic mass is 16.5. The minimum absolute atomic E-state index is 0.163. The van der Waals surface area contributed by atoms with Crippen LogP contribution in [-0.2, 0) is 6.42 Å². The molecule has 0 bridgehead atoms. The van der Waals surface area contributed by atoms with Crippen LogP contribution in [0, 0.1) is 6.08 Å². The average molecular weight is 203 g/mol. The van der Waals surface area contributed by atoms with Gasteiger partial charge in [-0.1, -0.05) is 25.6 Å². The summed E-state index contributed by atoms with van der Waals surface area (Å²) in [6.07, 6.45) is 3.88. The second-order valence-corrected chi connectivity index (χ2v) is 4.53. The molecular weight excluding hydrogens is 184 g/mol. The molecule has 0 fully saturated rings. The van der Waals surface area contributed by atoms with Crippen molar-refractivity contribution in [1.29, 1.82) is 0 Å². The molecule has 15 heavy (non-hydrogen) atoms. The van der Waals surface area contributed by atoms with Crippen LogP contribution in [-0.4, -0.2) is 5.60 Å². The summed E-state index contributed by atoms with van der Waals surface area (Å²) >= 11 is 0. The van der Waals surface area contributed by atoms with Crippen molar-refractivity contribution in [2.75, 3.05) is 0 Å². The van der Waals surface area contributed by atoms with Crippen molar-refractivity contribution in [2.24, 2.45) is 0 Å². The number of ether oxygens (including phenoxy) is 1. The van der Waals surface area contributed by atoms with Gasteiger partial charge in [-0.05, 0) is 44.9 Å². The van der Waals surface area contributed by atoms with Gasteiger partial charge in [-0.2, -0.15) is 0 Å². The van der Waals surface area contributed by atoms with Crippen LogP contribution in [0.2, 0.25) is 0 Å². The maximum atomic E-state index is 5.90. The van der Waals surface area contributed by atoms with Crippen molar-refractivity contribution in [1.82, 2.24) is 0 Å². The van der Waals surface area contributed by atoms with Crippen LogP contribution in [0.15, 0.2) is 24.8 Å². The van der Waals surface area contributed by atoms with Crippen molar-refractivity contribution < 1.29 is 4.74 Å². The van der Waals surface area contributed by atoms with Crippen LogP contribution in [0.5, 0.6) is 5.75 Å². The predicted octanol–water partition coefficient (Wildman–Crippen LogP) is 3.76. The van der Waals surface area contributed by atoms with Gasteiger partial charge in [-0.25, -0.2) is 0 Å². The Balaban J connectivity index is 3.12. The zero-order valence-corrected chi connectivity index (χ0v) is 10.1. The number of hydrogen-bond donors (Lipinski definition) is 0. The molecule has 1 aromatic rings. The summed E-state index contributed by atoms with van der Waals surface area (Å²) in [5, 5.41) is 0. The Labute approximate surface area is 92.8 Å². The van der Waals surface area contributed by atoms with Crippen LogP contribution in [0.3, 0.4) is 0 Å². The molecule has 0 heterocycles. The van der Waals surface area contributed by atoms with Gasteiger partial charge in [0.25, 0.3) is 0 Å². The fraction of sp³-hybridized carbons (Fsp3) is 0.429. The van der Waals surface area contributed by atoms with Gasteiger partial charge in [0.2, 0.25) is 0 Å². The first-order valence-electron chi connectivity index (χ1n) is 5.32. The Kier molecular flexibility index (Phi) is 3.57. The van der Waals surface area contributed by atoms with Crippen molar-refractivity contribution in [3.8, 4) is 5.75 Å². The van der Waals surface area contributed by atoms with E-state index in [9.17, 15) is 0 Å². The van der Waals surface area contributed by atoms with Crippen molar-refractivity contribution in [3.05, 3.63) is 42.0 Å². The fourth-order valence-electron chi connectivity index (χ4n) is 1.52. The quantitative estimate of drug-likeness (QED) is 0.726. The molecule has 0 unspecified atom stereocenters. The van der Waals surface area contributed by atoms with E-state index in [4.69, 9.17) is 4.74 Å². The molecule has 0 spiro atoms. The van der Waals surface area contributed by atoms with E-state index in [-0.39, 0.29) is 5.60 Å². The third-order valence-electron chi connectivity index (χ3n) is 2.09. The lowest BCUT2D eigenvalue weighted by atomic mass is 10.0. The minimum Gasteiger partial charge on any atom is -0.488 e. The molecule has 81 valence electrons. The Morgan fingerprint density at radius 1 is 1.33 bits per heavy atom. The SMILES string of the molecule is C=[C]c1cccc(OC(C)(C)C)c1CC. The number of benzene rings is 1. The lowest BCUT2D eigenvalue weighted by Crippen LogP contribution is -2.23. The van der Waals surface area contributed by atoms with E-state index in [1.165, 1.54) is 5.56 Å². The normalized spacial score (nSPS) is 11.2. The van der Waals surface area contributed by atoms with Gasteiger partial charge < -0.3 is 4.74 Å². The smallest absolute Gasteiger partial charge is 0.123 e. The van der Waals surface area contributed by atoms with Crippen molar-refractivity contribution in [3.63, 3.8) is 0 Å². The summed E-state index contributed by atoms with van der Waals surface area (Å²) in [6, 6.07) is 6.00. The third-order valence-corrected chi connectivity index (χ3v) is 2.09. The van der Waals surface area contributed by atoms with E-state index in [1.807, 2.05) is 18.2 Å². The van der Waals surface area contributed by atoms with Gasteiger partial charge in [-0.15, -0.1) is 0 Å². The summed E-state index contributed by atoms with van der Waals surface area (Å²) in [6.45, 7) is 12.0. The van der Waals surface area contributed by atoms with Gasteiger partial charge in [0.05, 0.1) is 0 Å². The maximum absolute atomic E-state index is 5.90. The molecule has 0 aliphatic carbocycles. The summed E-state index contributed by atoms with van der Waals surface area (Å²) < 4.78 is 5.90. The maximum Gasteiger partial charge on any atom is 0.123 e. The van der Waals surface area contributed by atoms with Crippen molar-refractivity contribution in [2.45, 2.75) is 39.7 Å². The molecule has 0 amide bonds. The highest BCUT2D eigenvalue weighted by Gasteiger charge is 2.14. The highest BCUT2D eigenvalue weighted by Crippen LogP contribution is 2.26. The van der Waals surface area contributed by atoms with Gasteiger partial charge in [0.15, 0.2) is 0 Å². The Bertz CT molecular complexity index is 345. The molecule has 0 aromatic heterocycles. The minimum atomic E-state index is -0.163. The zero-order valence-electron chi connectivity index (χ0n) is 10.1. The summed E-state index contributed by atoms with van der Waals surface area (Å²) in [5.74, 6) is 0.943. The van der Waals surface area contributed by atoms with E-state index >= 15 is 0 Å². The Morgan fingerprint density at radius 2 is 2.00 bits per heavy atom. The molecular formula is C14H19O. The lowest BCUT2D eigenvalue weighted by Gasteiger charge is -2.23. The molecule has 0 atom stereocenters. The lowest BCUT2D eigenvalue weighted by molar-refractivity contribution is 0.129. The second kappa shape index (κ2) is 4.52. The van der Waals surface area contributed by atoms with Crippen LogP contribution < -0.4 is 4.74 Å². The van der Waals surface area contributed by atoms with E-state index in [2.05, 4.69) is 40.3 Å². The molecule has 0 aliphatic rings. The molecule has 1 aromatic carbocycles. The molecule has 0 saturated carbocycles. The largest absolute Gasteiger partial charge is 0.488 e. The topological polar surface area (TPSA) is 9.23 Å². The Morgan fingerprint density at radius 3 is 2.47 bits per heavy atom. The molecule has 1 heteroatoms. The predicted molar refractivity (Wildman–Crippen MR) is 64.2 cm³/mol. The summed E-state index contributed by atoms with van der Waals surface area (Å²) in [5.41, 5.74) is 2.06. The zero-order chi connectivity index (χ0) is 11.5. The second-order valence-electron chi connectivity index (χ2n) is 4.53. The highest BCUT2D eigenvalue weighted by molar-refractivity contribution is 5.43. The first-order valence-corrected chi connectivity index (χ1v) is 5.32. The number of hydrogen-bond acceptors (Lipinski definition) is 1. The summed E-state index contributed by atoms with van der Waals surface area (Å²) in [4.78, 5) is 0. The summed E-state index contributed by atoms with van der Waals surface area (Å²) in [7, 11) is 0. The van der Waals surface area contributed by atoms with E-state index in [0.717, 1.165) is 17.7 Å².